The molecule has 1 saturated heterocycles. The van der Waals surface area contributed by atoms with E-state index < -0.39 is 0 Å². The number of likely N-dealkylation sites (tertiary alicyclic amines) is 1. The predicted molar refractivity (Wildman–Crippen MR) is 110 cm³/mol. The van der Waals surface area contributed by atoms with Crippen LogP contribution in [0.5, 0.6) is 0 Å². The number of piperidine rings is 1. The van der Waals surface area contributed by atoms with Gasteiger partial charge in [-0.1, -0.05) is 13.8 Å². The van der Waals surface area contributed by atoms with Gasteiger partial charge in [0.1, 0.15) is 0 Å². The molecule has 2 N–H and O–H groups in total. The van der Waals surface area contributed by atoms with Crippen LogP contribution in [0.3, 0.4) is 0 Å². The van der Waals surface area contributed by atoms with E-state index in [1.165, 1.54) is 32.5 Å². The van der Waals surface area contributed by atoms with Gasteiger partial charge in [0.25, 0.3) is 0 Å². The Labute approximate surface area is 160 Å². The third-order valence-electron chi connectivity index (χ3n) is 4.01. The molecule has 0 aromatic heterocycles. The van der Waals surface area contributed by atoms with Gasteiger partial charge in [-0.15, -0.1) is 24.0 Å². The normalized spacial score (nSPS) is 22.5. The van der Waals surface area contributed by atoms with Crippen molar-refractivity contribution in [2.75, 3.05) is 53.0 Å². The minimum Gasteiger partial charge on any atom is -0.385 e. The summed E-state index contributed by atoms with van der Waals surface area (Å²) in [6.45, 7) is 14.0. The molecule has 23 heavy (non-hydrogen) atoms. The van der Waals surface area contributed by atoms with Crippen molar-refractivity contribution >= 4 is 29.9 Å². The molecule has 0 radical (unpaired) electrons. The Kier molecular flexibility index (Phi) is 14.2. The molecular weight excluding hydrogens is 403 g/mol. The molecule has 1 fully saturated rings. The van der Waals surface area contributed by atoms with Gasteiger partial charge in [0.05, 0.1) is 0 Å². The van der Waals surface area contributed by atoms with Crippen molar-refractivity contribution in [3.05, 3.63) is 0 Å². The lowest BCUT2D eigenvalue weighted by Gasteiger charge is -2.35. The van der Waals surface area contributed by atoms with E-state index in [1.807, 2.05) is 0 Å². The number of nitrogens with one attached hydrogen (secondary N) is 2. The Bertz CT molecular complexity index is 305. The Morgan fingerprint density at radius 1 is 1.17 bits per heavy atom. The van der Waals surface area contributed by atoms with E-state index in [4.69, 9.17) is 4.74 Å². The molecule has 1 rings (SSSR count). The molecule has 2 unspecified atom stereocenters. The monoisotopic (exact) mass is 440 g/mol. The highest BCUT2D eigenvalue weighted by molar-refractivity contribution is 14.0. The van der Waals surface area contributed by atoms with Gasteiger partial charge in [0.15, 0.2) is 5.96 Å². The van der Waals surface area contributed by atoms with Gasteiger partial charge >= 0.3 is 0 Å². The largest absolute Gasteiger partial charge is 0.385 e. The fraction of sp³-hybridized carbons (Fsp3) is 0.941. The second-order valence-electron chi connectivity index (χ2n) is 6.59. The summed E-state index contributed by atoms with van der Waals surface area (Å²) in [6, 6.07) is 0. The minimum atomic E-state index is 0. The van der Waals surface area contributed by atoms with Crippen molar-refractivity contribution in [1.82, 2.24) is 15.5 Å². The quantitative estimate of drug-likeness (QED) is 0.251. The molecular formula is C17H37IN4O. The predicted octanol–water partition coefficient (Wildman–Crippen LogP) is 2.56. The number of hydrogen-bond acceptors (Lipinski definition) is 3. The van der Waals surface area contributed by atoms with E-state index in [1.54, 1.807) is 7.11 Å². The highest BCUT2D eigenvalue weighted by atomic mass is 127. The standard InChI is InChI=1S/C17H36N4O.HI/c1-5-18-17(20-9-7-11-22-4)19-8-6-10-21-13-15(2)12-16(3)14-21;/h15-16H,5-14H2,1-4H3,(H2,18,19,20);1H. The first-order chi connectivity index (χ1) is 10.7. The van der Waals surface area contributed by atoms with Crippen molar-refractivity contribution in [3.63, 3.8) is 0 Å². The second kappa shape index (κ2) is 14.3. The van der Waals surface area contributed by atoms with Gasteiger partial charge in [-0.25, -0.2) is 0 Å². The SMILES string of the molecule is CCNC(=NCCCOC)NCCCN1CC(C)CC(C)C1.I. The smallest absolute Gasteiger partial charge is 0.191 e. The number of hydrogen-bond donors (Lipinski definition) is 2. The topological polar surface area (TPSA) is 48.9 Å². The van der Waals surface area contributed by atoms with E-state index in [9.17, 15) is 0 Å². The summed E-state index contributed by atoms with van der Waals surface area (Å²) in [5.74, 6) is 2.62. The van der Waals surface area contributed by atoms with Crippen LogP contribution in [0.25, 0.3) is 0 Å². The lowest BCUT2D eigenvalue weighted by atomic mass is 9.92. The van der Waals surface area contributed by atoms with Gasteiger partial charge < -0.3 is 20.3 Å². The molecule has 0 saturated carbocycles. The summed E-state index contributed by atoms with van der Waals surface area (Å²) in [5.41, 5.74) is 0. The third kappa shape index (κ3) is 11.2. The summed E-state index contributed by atoms with van der Waals surface area (Å²) in [4.78, 5) is 7.17. The zero-order valence-electron chi connectivity index (χ0n) is 15.4. The Hall–Kier alpha value is -0.0800. The van der Waals surface area contributed by atoms with Crippen molar-refractivity contribution in [1.29, 1.82) is 0 Å². The first kappa shape index (κ1) is 22.9. The van der Waals surface area contributed by atoms with Crippen LogP contribution in [0, 0.1) is 11.8 Å². The maximum Gasteiger partial charge on any atom is 0.191 e. The van der Waals surface area contributed by atoms with Gasteiger partial charge in [-0.05, 0) is 44.6 Å². The van der Waals surface area contributed by atoms with E-state index in [0.717, 1.165) is 50.5 Å². The van der Waals surface area contributed by atoms with Crippen molar-refractivity contribution in [2.24, 2.45) is 16.8 Å². The van der Waals surface area contributed by atoms with E-state index in [-0.39, 0.29) is 24.0 Å². The summed E-state index contributed by atoms with van der Waals surface area (Å²) < 4.78 is 5.05. The zero-order chi connectivity index (χ0) is 16.2. The maximum absolute atomic E-state index is 5.05. The number of rotatable bonds is 9. The number of methoxy groups -OCH3 is 1. The maximum atomic E-state index is 5.05. The van der Waals surface area contributed by atoms with Gasteiger partial charge in [-0.2, -0.15) is 0 Å². The minimum absolute atomic E-state index is 0. The van der Waals surface area contributed by atoms with E-state index in [0.29, 0.717) is 0 Å². The summed E-state index contributed by atoms with van der Waals surface area (Å²) >= 11 is 0. The fourth-order valence-electron chi connectivity index (χ4n) is 3.23. The highest BCUT2D eigenvalue weighted by Crippen LogP contribution is 2.20. The number of halogens is 1. The average molecular weight is 440 g/mol. The van der Waals surface area contributed by atoms with Crippen LogP contribution in [-0.2, 0) is 4.74 Å². The Balaban J connectivity index is 0.00000484. The lowest BCUT2D eigenvalue weighted by molar-refractivity contribution is 0.140. The molecule has 138 valence electrons. The number of nitrogens with zero attached hydrogens (tertiary/aromatic N) is 2. The molecule has 0 amide bonds. The Morgan fingerprint density at radius 2 is 1.87 bits per heavy atom. The molecule has 0 aromatic rings. The van der Waals surface area contributed by atoms with Crippen molar-refractivity contribution in [2.45, 2.75) is 40.0 Å². The molecule has 6 heteroatoms. The van der Waals surface area contributed by atoms with Crippen LogP contribution in [0.1, 0.15) is 40.0 Å². The summed E-state index contributed by atoms with van der Waals surface area (Å²) in [7, 11) is 1.73. The Morgan fingerprint density at radius 3 is 2.48 bits per heavy atom. The van der Waals surface area contributed by atoms with Crippen molar-refractivity contribution in [3.8, 4) is 0 Å². The molecule has 1 aliphatic rings. The lowest BCUT2D eigenvalue weighted by Crippen LogP contribution is -2.41. The van der Waals surface area contributed by atoms with Gasteiger partial charge in [0, 0.05) is 46.4 Å². The van der Waals surface area contributed by atoms with Gasteiger partial charge in [0.2, 0.25) is 0 Å². The fourth-order valence-corrected chi connectivity index (χ4v) is 3.23. The molecule has 1 heterocycles. The highest BCUT2D eigenvalue weighted by Gasteiger charge is 2.20. The second-order valence-corrected chi connectivity index (χ2v) is 6.59. The van der Waals surface area contributed by atoms with Crippen LogP contribution in [-0.4, -0.2) is 63.8 Å². The number of aliphatic imine (C=N–C) groups is 1. The zero-order valence-corrected chi connectivity index (χ0v) is 17.8. The van der Waals surface area contributed by atoms with Crippen LogP contribution in [0.2, 0.25) is 0 Å². The third-order valence-corrected chi connectivity index (χ3v) is 4.01. The molecule has 0 aliphatic carbocycles. The molecule has 0 aromatic carbocycles. The summed E-state index contributed by atoms with van der Waals surface area (Å²) in [5, 5.41) is 6.73. The van der Waals surface area contributed by atoms with Crippen LogP contribution in [0.15, 0.2) is 4.99 Å². The van der Waals surface area contributed by atoms with Crippen LogP contribution < -0.4 is 10.6 Å². The first-order valence-electron chi connectivity index (χ1n) is 8.89. The molecule has 2 atom stereocenters. The van der Waals surface area contributed by atoms with E-state index in [2.05, 4.69) is 41.3 Å². The van der Waals surface area contributed by atoms with E-state index >= 15 is 0 Å². The number of guanidine groups is 1. The molecule has 1 aliphatic heterocycles. The first-order valence-corrected chi connectivity index (χ1v) is 8.89. The summed E-state index contributed by atoms with van der Waals surface area (Å²) in [6.07, 6.45) is 3.52. The molecule has 0 spiro atoms. The molecule has 5 nitrogen and oxygen atoms in total. The van der Waals surface area contributed by atoms with Gasteiger partial charge in [-0.3, -0.25) is 4.99 Å². The average Bonchev–Trinajstić information content (AvgIpc) is 2.47. The van der Waals surface area contributed by atoms with Crippen LogP contribution in [0.4, 0.5) is 0 Å². The number of ether oxygens (including phenoxy) is 1. The molecule has 0 bridgehead atoms. The van der Waals surface area contributed by atoms with Crippen LogP contribution >= 0.6 is 24.0 Å². The van der Waals surface area contributed by atoms with Crippen molar-refractivity contribution < 1.29 is 4.74 Å².